The Labute approximate surface area is 119 Å². The Bertz CT molecular complexity index is 271. The summed E-state index contributed by atoms with van der Waals surface area (Å²) in [7, 11) is 6.79. The topological polar surface area (TPSA) is 18.5 Å². The number of nitrogens with zero attached hydrogens (tertiary/aromatic N) is 2. The Morgan fingerprint density at radius 1 is 1.21 bits per heavy atom. The van der Waals surface area contributed by atoms with Crippen LogP contribution in [0.4, 0.5) is 0 Å². The molecule has 1 saturated heterocycles. The zero-order chi connectivity index (χ0) is 13.9. The van der Waals surface area contributed by atoms with E-state index in [1.165, 1.54) is 58.0 Å². The third-order valence-corrected chi connectivity index (χ3v) is 5.66. The normalized spacial score (nSPS) is 32.7. The molecule has 0 spiro atoms. The number of piperidine rings is 1. The summed E-state index contributed by atoms with van der Waals surface area (Å²) in [6.45, 7) is 4.78. The molecule has 2 atom stereocenters. The fourth-order valence-corrected chi connectivity index (χ4v) is 3.80. The molecule has 0 aromatic rings. The van der Waals surface area contributed by atoms with E-state index in [9.17, 15) is 0 Å². The predicted molar refractivity (Wildman–Crippen MR) is 82.6 cm³/mol. The van der Waals surface area contributed by atoms with Crippen molar-refractivity contribution in [1.82, 2.24) is 15.1 Å². The van der Waals surface area contributed by atoms with Gasteiger partial charge < -0.3 is 15.1 Å². The van der Waals surface area contributed by atoms with Gasteiger partial charge in [0.2, 0.25) is 0 Å². The van der Waals surface area contributed by atoms with Crippen molar-refractivity contribution in [2.45, 2.75) is 69.5 Å². The lowest BCUT2D eigenvalue weighted by atomic mass is 9.80. The van der Waals surface area contributed by atoms with Crippen LogP contribution in [-0.2, 0) is 0 Å². The van der Waals surface area contributed by atoms with Crippen LogP contribution in [0.1, 0.15) is 51.9 Å². The molecule has 3 heteroatoms. The van der Waals surface area contributed by atoms with Crippen LogP contribution >= 0.6 is 0 Å². The van der Waals surface area contributed by atoms with Gasteiger partial charge in [-0.15, -0.1) is 0 Å². The Morgan fingerprint density at radius 3 is 2.47 bits per heavy atom. The minimum absolute atomic E-state index is 0.421. The van der Waals surface area contributed by atoms with E-state index < -0.39 is 0 Å². The minimum Gasteiger partial charge on any atom is -0.312 e. The van der Waals surface area contributed by atoms with E-state index in [0.717, 1.165) is 12.1 Å². The molecule has 19 heavy (non-hydrogen) atoms. The van der Waals surface area contributed by atoms with Crippen LogP contribution in [0.25, 0.3) is 0 Å². The molecule has 1 saturated carbocycles. The lowest BCUT2D eigenvalue weighted by Crippen LogP contribution is -2.56. The smallest absolute Gasteiger partial charge is 0.0327 e. The molecule has 2 fully saturated rings. The average Bonchev–Trinajstić information content (AvgIpc) is 2.41. The highest BCUT2D eigenvalue weighted by atomic mass is 15.2. The second-order valence-corrected chi connectivity index (χ2v) is 7.11. The number of likely N-dealkylation sites (tertiary alicyclic amines) is 1. The monoisotopic (exact) mass is 267 g/mol. The van der Waals surface area contributed by atoms with Crippen LogP contribution in [-0.4, -0.2) is 61.7 Å². The first kappa shape index (κ1) is 15.3. The van der Waals surface area contributed by atoms with E-state index in [-0.39, 0.29) is 0 Å². The third kappa shape index (κ3) is 3.71. The molecule has 0 bridgehead atoms. The molecule has 2 unspecified atom stereocenters. The number of rotatable bonds is 4. The summed E-state index contributed by atoms with van der Waals surface area (Å²) in [6, 6.07) is 1.46. The molecule has 2 rings (SSSR count). The van der Waals surface area contributed by atoms with Gasteiger partial charge in [-0.1, -0.05) is 19.3 Å². The lowest BCUT2D eigenvalue weighted by Gasteiger charge is -2.45. The van der Waals surface area contributed by atoms with Crippen molar-refractivity contribution < 1.29 is 0 Å². The molecule has 1 aliphatic heterocycles. The lowest BCUT2D eigenvalue weighted by molar-refractivity contribution is 0.0862. The van der Waals surface area contributed by atoms with Crippen molar-refractivity contribution in [3.8, 4) is 0 Å². The summed E-state index contributed by atoms with van der Waals surface area (Å²) < 4.78 is 0. The molecule has 112 valence electrons. The van der Waals surface area contributed by atoms with Gasteiger partial charge in [-0.2, -0.15) is 0 Å². The van der Waals surface area contributed by atoms with Gasteiger partial charge in [-0.05, 0) is 60.3 Å². The summed E-state index contributed by atoms with van der Waals surface area (Å²) in [6.07, 6.45) is 9.60. The first-order valence-electron chi connectivity index (χ1n) is 8.14. The van der Waals surface area contributed by atoms with Crippen molar-refractivity contribution >= 4 is 0 Å². The van der Waals surface area contributed by atoms with E-state index in [2.05, 4.69) is 43.2 Å². The highest BCUT2D eigenvalue weighted by Gasteiger charge is 2.35. The zero-order valence-corrected chi connectivity index (χ0v) is 13.4. The summed E-state index contributed by atoms with van der Waals surface area (Å²) in [4.78, 5) is 4.97. The average molecular weight is 267 g/mol. The van der Waals surface area contributed by atoms with Crippen LogP contribution < -0.4 is 5.32 Å². The van der Waals surface area contributed by atoms with E-state index in [1.807, 2.05) is 0 Å². The molecule has 0 amide bonds. The number of likely N-dealkylation sites (N-methyl/N-ethyl adjacent to an activating group) is 1. The molecular weight excluding hydrogens is 234 g/mol. The zero-order valence-electron chi connectivity index (χ0n) is 13.4. The van der Waals surface area contributed by atoms with Crippen molar-refractivity contribution in [3.05, 3.63) is 0 Å². The van der Waals surface area contributed by atoms with Gasteiger partial charge in [0.15, 0.2) is 0 Å². The standard InChI is InChI=1S/C16H33N3/c1-14-12-15(8-11-19(14)4)17-13-16(18(2)3)9-6-5-7-10-16/h14-15,17H,5-13H2,1-4H3. The maximum absolute atomic E-state index is 3.90. The van der Waals surface area contributed by atoms with E-state index in [4.69, 9.17) is 0 Å². The maximum atomic E-state index is 3.90. The number of hydrogen-bond acceptors (Lipinski definition) is 3. The van der Waals surface area contributed by atoms with E-state index in [0.29, 0.717) is 5.54 Å². The SMILES string of the molecule is CC1CC(NCC2(N(C)C)CCCCC2)CCN1C. The van der Waals surface area contributed by atoms with Crippen molar-refractivity contribution in [3.63, 3.8) is 0 Å². The quantitative estimate of drug-likeness (QED) is 0.843. The summed E-state index contributed by atoms with van der Waals surface area (Å²) in [5.74, 6) is 0. The van der Waals surface area contributed by atoms with Gasteiger partial charge in [-0.3, -0.25) is 0 Å². The van der Waals surface area contributed by atoms with Crippen molar-refractivity contribution in [2.75, 3.05) is 34.2 Å². The Kier molecular flexibility index (Phi) is 5.27. The van der Waals surface area contributed by atoms with E-state index in [1.54, 1.807) is 0 Å². The Hall–Kier alpha value is -0.120. The van der Waals surface area contributed by atoms with Gasteiger partial charge in [0.05, 0.1) is 0 Å². The molecule has 1 aliphatic carbocycles. The molecule has 1 N–H and O–H groups in total. The highest BCUT2D eigenvalue weighted by molar-refractivity contribution is 4.94. The van der Waals surface area contributed by atoms with Crippen LogP contribution in [0, 0.1) is 0 Å². The number of nitrogens with one attached hydrogen (secondary N) is 1. The Balaban J connectivity index is 1.85. The van der Waals surface area contributed by atoms with Gasteiger partial charge in [0, 0.05) is 24.2 Å². The third-order valence-electron chi connectivity index (χ3n) is 5.66. The first-order chi connectivity index (χ1) is 9.03. The van der Waals surface area contributed by atoms with Crippen LogP contribution in [0.5, 0.6) is 0 Å². The summed E-state index contributed by atoms with van der Waals surface area (Å²) in [5.41, 5.74) is 0.421. The van der Waals surface area contributed by atoms with Gasteiger partial charge in [-0.25, -0.2) is 0 Å². The second-order valence-electron chi connectivity index (χ2n) is 7.11. The van der Waals surface area contributed by atoms with Gasteiger partial charge in [0.25, 0.3) is 0 Å². The molecule has 2 aliphatic rings. The molecule has 0 aromatic heterocycles. The summed E-state index contributed by atoms with van der Waals surface area (Å²) >= 11 is 0. The number of hydrogen-bond donors (Lipinski definition) is 1. The van der Waals surface area contributed by atoms with Crippen molar-refractivity contribution in [1.29, 1.82) is 0 Å². The van der Waals surface area contributed by atoms with E-state index >= 15 is 0 Å². The summed E-state index contributed by atoms with van der Waals surface area (Å²) in [5, 5.41) is 3.90. The van der Waals surface area contributed by atoms with Crippen LogP contribution in [0.15, 0.2) is 0 Å². The highest BCUT2D eigenvalue weighted by Crippen LogP contribution is 2.32. The van der Waals surface area contributed by atoms with Crippen LogP contribution in [0.2, 0.25) is 0 Å². The van der Waals surface area contributed by atoms with Gasteiger partial charge in [0.1, 0.15) is 0 Å². The molecule has 3 nitrogen and oxygen atoms in total. The van der Waals surface area contributed by atoms with Gasteiger partial charge >= 0.3 is 0 Å². The Morgan fingerprint density at radius 2 is 1.89 bits per heavy atom. The second kappa shape index (κ2) is 6.55. The maximum Gasteiger partial charge on any atom is 0.0327 e. The predicted octanol–water partition coefficient (Wildman–Crippen LogP) is 2.32. The van der Waals surface area contributed by atoms with Crippen molar-refractivity contribution in [2.24, 2.45) is 0 Å². The largest absolute Gasteiger partial charge is 0.312 e. The molecule has 0 aromatic carbocycles. The molecular formula is C16H33N3. The molecule has 1 heterocycles. The fourth-order valence-electron chi connectivity index (χ4n) is 3.80. The van der Waals surface area contributed by atoms with Crippen LogP contribution in [0.3, 0.4) is 0 Å². The first-order valence-corrected chi connectivity index (χ1v) is 8.14. The fraction of sp³-hybridized carbons (Fsp3) is 1.00. The minimum atomic E-state index is 0.421. The molecule has 0 radical (unpaired) electrons.